The summed E-state index contributed by atoms with van der Waals surface area (Å²) in [6, 6.07) is 1.88. The third-order valence-corrected chi connectivity index (χ3v) is 5.92. The Balaban J connectivity index is 1.69. The van der Waals surface area contributed by atoms with Crippen LogP contribution in [-0.4, -0.2) is 58.0 Å². The average molecular weight is 361 g/mol. The van der Waals surface area contributed by atoms with Gasteiger partial charge in [-0.1, -0.05) is 27.2 Å². The normalized spacial score (nSPS) is 23.9. The molecule has 2 saturated heterocycles. The molecular weight excluding hydrogens is 328 g/mol. The zero-order valence-electron chi connectivity index (χ0n) is 16.4. The summed E-state index contributed by atoms with van der Waals surface area (Å²) in [5.74, 6) is 0.624. The molecule has 2 aliphatic rings. The number of H-pyrrole nitrogens is 1. The zero-order valence-corrected chi connectivity index (χ0v) is 16.4. The highest BCUT2D eigenvalue weighted by molar-refractivity contribution is 5.92. The molecule has 0 aromatic carbocycles. The van der Waals surface area contributed by atoms with Crippen LogP contribution in [0.5, 0.6) is 0 Å². The van der Waals surface area contributed by atoms with Crippen LogP contribution < -0.4 is 0 Å². The van der Waals surface area contributed by atoms with Crippen molar-refractivity contribution in [1.29, 1.82) is 0 Å². The molecule has 1 atom stereocenters. The Hall–Kier alpha value is -1.85. The second-order valence-electron chi connectivity index (χ2n) is 8.36. The van der Waals surface area contributed by atoms with E-state index in [1.807, 2.05) is 15.9 Å². The molecule has 0 unspecified atom stereocenters. The van der Waals surface area contributed by atoms with Gasteiger partial charge in [-0.25, -0.2) is 0 Å². The first-order chi connectivity index (χ1) is 12.4. The van der Waals surface area contributed by atoms with Gasteiger partial charge in [0.15, 0.2) is 0 Å². The van der Waals surface area contributed by atoms with Crippen LogP contribution in [-0.2, 0) is 4.79 Å². The van der Waals surface area contributed by atoms with Gasteiger partial charge in [-0.15, -0.1) is 0 Å². The van der Waals surface area contributed by atoms with Crippen molar-refractivity contribution in [2.75, 3.05) is 26.2 Å². The van der Waals surface area contributed by atoms with Gasteiger partial charge in [0.1, 0.15) is 5.69 Å². The predicted octanol–water partition coefficient (Wildman–Crippen LogP) is 3.18. The molecule has 2 amide bonds. The SMILES string of the molecule is CCCCN1C[C@@]2(CCCN(C(=O)c3cc(C(C)C)[nH]n3)C2)CCC1=O. The number of rotatable bonds is 5. The summed E-state index contributed by atoms with van der Waals surface area (Å²) in [7, 11) is 0. The number of nitrogens with zero attached hydrogens (tertiary/aromatic N) is 3. The van der Waals surface area contributed by atoms with Gasteiger partial charge in [0.25, 0.3) is 5.91 Å². The van der Waals surface area contributed by atoms with Gasteiger partial charge in [-0.2, -0.15) is 5.10 Å². The van der Waals surface area contributed by atoms with E-state index >= 15 is 0 Å². The standard InChI is InChI=1S/C20H32N4O2/c1-4-5-10-23-13-20(9-7-18(23)25)8-6-11-24(14-20)19(26)17-12-16(15(2)3)21-22-17/h12,15H,4-11,13-14H2,1-3H3,(H,21,22)/t20-/m1/s1. The first kappa shape index (κ1) is 18.9. The van der Waals surface area contributed by atoms with Crippen molar-refractivity contribution in [3.05, 3.63) is 17.5 Å². The first-order valence-corrected chi connectivity index (χ1v) is 10.1. The third-order valence-electron chi connectivity index (χ3n) is 5.92. The van der Waals surface area contributed by atoms with Crippen LogP contribution in [0, 0.1) is 5.41 Å². The summed E-state index contributed by atoms with van der Waals surface area (Å²) in [5, 5.41) is 7.21. The fraction of sp³-hybridized carbons (Fsp3) is 0.750. The van der Waals surface area contributed by atoms with Crippen molar-refractivity contribution in [3.63, 3.8) is 0 Å². The van der Waals surface area contributed by atoms with Crippen LogP contribution in [0.25, 0.3) is 0 Å². The highest BCUT2D eigenvalue weighted by Crippen LogP contribution is 2.39. The van der Waals surface area contributed by atoms with E-state index in [0.717, 1.165) is 64.0 Å². The molecular formula is C20H32N4O2. The second kappa shape index (κ2) is 7.80. The molecule has 6 nitrogen and oxygen atoms in total. The predicted molar refractivity (Wildman–Crippen MR) is 101 cm³/mol. The molecule has 26 heavy (non-hydrogen) atoms. The molecule has 0 saturated carbocycles. The maximum Gasteiger partial charge on any atom is 0.274 e. The number of hydrogen-bond acceptors (Lipinski definition) is 3. The van der Waals surface area contributed by atoms with Crippen LogP contribution >= 0.6 is 0 Å². The minimum Gasteiger partial charge on any atom is -0.342 e. The zero-order chi connectivity index (χ0) is 18.7. The molecule has 1 aromatic heterocycles. The highest BCUT2D eigenvalue weighted by Gasteiger charge is 2.42. The lowest BCUT2D eigenvalue weighted by atomic mass is 9.73. The number of carbonyl (C=O) groups is 2. The van der Waals surface area contributed by atoms with Crippen LogP contribution in [0.2, 0.25) is 0 Å². The van der Waals surface area contributed by atoms with Gasteiger partial charge in [0, 0.05) is 43.7 Å². The van der Waals surface area contributed by atoms with E-state index in [4.69, 9.17) is 0 Å². The molecule has 3 rings (SSSR count). The number of hydrogen-bond donors (Lipinski definition) is 1. The van der Waals surface area contributed by atoms with Gasteiger partial charge in [0.05, 0.1) is 0 Å². The number of carbonyl (C=O) groups excluding carboxylic acids is 2. The molecule has 0 bridgehead atoms. The van der Waals surface area contributed by atoms with Gasteiger partial charge < -0.3 is 9.80 Å². The lowest BCUT2D eigenvalue weighted by molar-refractivity contribution is -0.139. The topological polar surface area (TPSA) is 69.3 Å². The van der Waals surface area contributed by atoms with E-state index in [2.05, 4.69) is 31.0 Å². The van der Waals surface area contributed by atoms with Crippen molar-refractivity contribution in [2.24, 2.45) is 5.41 Å². The Labute approximate surface area is 156 Å². The Morgan fingerprint density at radius 2 is 2.15 bits per heavy atom. The quantitative estimate of drug-likeness (QED) is 0.877. The summed E-state index contributed by atoms with van der Waals surface area (Å²) in [4.78, 5) is 29.2. The van der Waals surface area contributed by atoms with Gasteiger partial charge in [-0.05, 0) is 37.7 Å². The third kappa shape index (κ3) is 3.94. The Kier molecular flexibility index (Phi) is 5.68. The van der Waals surface area contributed by atoms with E-state index < -0.39 is 0 Å². The monoisotopic (exact) mass is 360 g/mol. The van der Waals surface area contributed by atoms with E-state index in [9.17, 15) is 9.59 Å². The number of aromatic amines is 1. The van der Waals surface area contributed by atoms with E-state index in [0.29, 0.717) is 18.0 Å². The summed E-state index contributed by atoms with van der Waals surface area (Å²) in [5.41, 5.74) is 1.57. The maximum absolute atomic E-state index is 12.9. The van der Waals surface area contributed by atoms with Gasteiger partial charge in [-0.3, -0.25) is 14.7 Å². The fourth-order valence-corrected chi connectivity index (χ4v) is 4.27. The largest absolute Gasteiger partial charge is 0.342 e. The number of unbranched alkanes of at least 4 members (excludes halogenated alkanes) is 1. The average Bonchev–Trinajstić information content (AvgIpc) is 3.13. The molecule has 1 aromatic rings. The van der Waals surface area contributed by atoms with Crippen LogP contribution in [0.3, 0.4) is 0 Å². The lowest BCUT2D eigenvalue weighted by Gasteiger charge is -2.48. The van der Waals surface area contributed by atoms with Gasteiger partial charge in [0.2, 0.25) is 5.91 Å². The van der Waals surface area contributed by atoms with Crippen LogP contribution in [0.15, 0.2) is 6.07 Å². The molecule has 6 heteroatoms. The molecule has 0 radical (unpaired) electrons. The van der Waals surface area contributed by atoms with Crippen LogP contribution in [0.1, 0.15) is 81.4 Å². The first-order valence-electron chi connectivity index (χ1n) is 10.1. The van der Waals surface area contributed by atoms with E-state index in [1.165, 1.54) is 0 Å². The molecule has 2 aliphatic heterocycles. The minimum atomic E-state index is 0.0178. The lowest BCUT2D eigenvalue weighted by Crippen LogP contribution is -2.55. The highest BCUT2D eigenvalue weighted by atomic mass is 16.2. The number of nitrogens with one attached hydrogen (secondary N) is 1. The van der Waals surface area contributed by atoms with Crippen molar-refractivity contribution in [2.45, 2.75) is 65.2 Å². The number of amides is 2. The van der Waals surface area contributed by atoms with Crippen molar-refractivity contribution in [3.8, 4) is 0 Å². The Morgan fingerprint density at radius 1 is 1.35 bits per heavy atom. The fourth-order valence-electron chi connectivity index (χ4n) is 4.27. The van der Waals surface area contributed by atoms with Crippen molar-refractivity contribution in [1.82, 2.24) is 20.0 Å². The summed E-state index contributed by atoms with van der Waals surface area (Å²) < 4.78 is 0. The summed E-state index contributed by atoms with van der Waals surface area (Å²) in [6.07, 6.45) is 5.77. The van der Waals surface area contributed by atoms with Crippen LogP contribution in [0.4, 0.5) is 0 Å². The van der Waals surface area contributed by atoms with Crippen molar-refractivity contribution >= 4 is 11.8 Å². The number of piperidine rings is 2. The molecule has 1 spiro atoms. The molecule has 0 aliphatic carbocycles. The molecule has 2 fully saturated rings. The summed E-state index contributed by atoms with van der Waals surface area (Å²) in [6.45, 7) is 9.50. The summed E-state index contributed by atoms with van der Waals surface area (Å²) >= 11 is 0. The van der Waals surface area contributed by atoms with E-state index in [-0.39, 0.29) is 17.2 Å². The molecule has 3 heterocycles. The minimum absolute atomic E-state index is 0.0178. The second-order valence-corrected chi connectivity index (χ2v) is 8.36. The molecule has 144 valence electrons. The molecule has 1 N–H and O–H groups in total. The smallest absolute Gasteiger partial charge is 0.274 e. The van der Waals surface area contributed by atoms with Crippen molar-refractivity contribution < 1.29 is 9.59 Å². The van der Waals surface area contributed by atoms with Gasteiger partial charge >= 0.3 is 0 Å². The van der Waals surface area contributed by atoms with E-state index in [1.54, 1.807) is 0 Å². The number of aromatic nitrogens is 2. The Bertz CT molecular complexity index is 654. The maximum atomic E-state index is 12.9. The number of likely N-dealkylation sites (tertiary alicyclic amines) is 2. The Morgan fingerprint density at radius 3 is 2.85 bits per heavy atom.